The van der Waals surface area contributed by atoms with Crippen molar-refractivity contribution in [2.45, 2.75) is 0 Å². The van der Waals surface area contributed by atoms with Crippen LogP contribution in [0.25, 0.3) is 6.08 Å². The van der Waals surface area contributed by atoms with Crippen molar-refractivity contribution in [1.29, 1.82) is 0 Å². The molecule has 2 aromatic rings. The van der Waals surface area contributed by atoms with Gasteiger partial charge in [0.05, 0.1) is 6.26 Å². The van der Waals surface area contributed by atoms with Crippen LogP contribution in [0, 0.1) is 5.82 Å². The third kappa shape index (κ3) is 3.81. The minimum Gasteiger partial charge on any atom is -0.465 e. The fraction of sp³-hybridized carbons (Fsp3) is 0. The maximum Gasteiger partial charge on any atom is 0.269 e. The van der Waals surface area contributed by atoms with Gasteiger partial charge in [-0.1, -0.05) is 0 Å². The van der Waals surface area contributed by atoms with Crippen molar-refractivity contribution in [1.82, 2.24) is 10.9 Å². The van der Waals surface area contributed by atoms with E-state index in [2.05, 4.69) is 10.9 Å². The molecule has 0 aliphatic heterocycles. The number of rotatable bonds is 3. The zero-order valence-electron chi connectivity index (χ0n) is 10.3. The van der Waals surface area contributed by atoms with Crippen LogP contribution >= 0.6 is 0 Å². The molecule has 0 fully saturated rings. The number of nitrogens with one attached hydrogen (secondary N) is 2. The van der Waals surface area contributed by atoms with Crippen molar-refractivity contribution in [2.75, 3.05) is 0 Å². The maximum absolute atomic E-state index is 12.7. The van der Waals surface area contributed by atoms with Gasteiger partial charge in [0, 0.05) is 11.6 Å². The second kappa shape index (κ2) is 6.33. The molecule has 0 bridgehead atoms. The van der Waals surface area contributed by atoms with E-state index < -0.39 is 17.6 Å². The van der Waals surface area contributed by atoms with Gasteiger partial charge in [0.2, 0.25) is 0 Å². The highest BCUT2D eigenvalue weighted by Crippen LogP contribution is 2.02. The van der Waals surface area contributed by atoms with Gasteiger partial charge in [-0.3, -0.25) is 20.4 Å². The molecule has 1 heterocycles. The van der Waals surface area contributed by atoms with Crippen LogP contribution in [0.5, 0.6) is 0 Å². The SMILES string of the molecule is O=C(C=Cc1ccco1)NNC(=O)c1ccc(F)cc1. The Balaban J connectivity index is 1.84. The van der Waals surface area contributed by atoms with Gasteiger partial charge < -0.3 is 4.42 Å². The Morgan fingerprint density at radius 1 is 1.10 bits per heavy atom. The minimum absolute atomic E-state index is 0.238. The topological polar surface area (TPSA) is 71.3 Å². The molecule has 2 N–H and O–H groups in total. The van der Waals surface area contributed by atoms with Gasteiger partial charge in [0.1, 0.15) is 11.6 Å². The van der Waals surface area contributed by atoms with E-state index in [0.29, 0.717) is 5.76 Å². The summed E-state index contributed by atoms with van der Waals surface area (Å²) in [6.45, 7) is 0. The number of halogens is 1. The number of hydrogen-bond donors (Lipinski definition) is 2. The number of carbonyl (C=O) groups excluding carboxylic acids is 2. The van der Waals surface area contributed by atoms with Crippen molar-refractivity contribution in [2.24, 2.45) is 0 Å². The zero-order chi connectivity index (χ0) is 14.4. The largest absolute Gasteiger partial charge is 0.465 e. The van der Waals surface area contributed by atoms with Crippen molar-refractivity contribution in [3.63, 3.8) is 0 Å². The molecule has 0 spiro atoms. The molecule has 0 unspecified atom stereocenters. The lowest BCUT2D eigenvalue weighted by Crippen LogP contribution is -2.40. The smallest absolute Gasteiger partial charge is 0.269 e. The third-order valence-corrected chi connectivity index (χ3v) is 2.35. The average Bonchev–Trinajstić information content (AvgIpc) is 2.96. The molecule has 20 heavy (non-hydrogen) atoms. The zero-order valence-corrected chi connectivity index (χ0v) is 10.3. The Kier molecular flexibility index (Phi) is 4.28. The van der Waals surface area contributed by atoms with Gasteiger partial charge >= 0.3 is 0 Å². The molecule has 102 valence electrons. The van der Waals surface area contributed by atoms with Gasteiger partial charge in [0.25, 0.3) is 11.8 Å². The second-order valence-electron chi connectivity index (χ2n) is 3.80. The van der Waals surface area contributed by atoms with Crippen LogP contribution < -0.4 is 10.9 Å². The second-order valence-corrected chi connectivity index (χ2v) is 3.80. The number of hydrazine groups is 1. The number of amides is 2. The fourth-order valence-corrected chi connectivity index (χ4v) is 1.38. The molecule has 0 aliphatic carbocycles. The monoisotopic (exact) mass is 274 g/mol. The summed E-state index contributed by atoms with van der Waals surface area (Å²) in [7, 11) is 0. The summed E-state index contributed by atoms with van der Waals surface area (Å²) in [5, 5.41) is 0. The van der Waals surface area contributed by atoms with Crippen molar-refractivity contribution < 1.29 is 18.4 Å². The maximum atomic E-state index is 12.7. The summed E-state index contributed by atoms with van der Waals surface area (Å²) >= 11 is 0. The lowest BCUT2D eigenvalue weighted by Gasteiger charge is -2.04. The van der Waals surface area contributed by atoms with Crippen LogP contribution in [0.2, 0.25) is 0 Å². The molecule has 1 aromatic carbocycles. The summed E-state index contributed by atoms with van der Waals surface area (Å²) in [4.78, 5) is 23.0. The van der Waals surface area contributed by atoms with E-state index in [1.165, 1.54) is 30.5 Å². The Bertz CT molecular complexity index is 618. The Morgan fingerprint density at radius 3 is 2.50 bits per heavy atom. The molecular formula is C14H11FN2O3. The van der Waals surface area contributed by atoms with Crippen molar-refractivity contribution >= 4 is 17.9 Å². The van der Waals surface area contributed by atoms with Crippen LogP contribution in [0.4, 0.5) is 4.39 Å². The lowest BCUT2D eigenvalue weighted by molar-refractivity contribution is -0.117. The molecule has 0 saturated heterocycles. The van der Waals surface area contributed by atoms with Gasteiger partial charge in [-0.2, -0.15) is 0 Å². The number of benzene rings is 1. The Morgan fingerprint density at radius 2 is 1.85 bits per heavy atom. The first-order valence-corrected chi connectivity index (χ1v) is 5.72. The van der Waals surface area contributed by atoms with Gasteiger partial charge in [0.15, 0.2) is 0 Å². The van der Waals surface area contributed by atoms with Crippen LogP contribution in [0.1, 0.15) is 16.1 Å². The molecule has 6 heteroatoms. The van der Waals surface area contributed by atoms with E-state index >= 15 is 0 Å². The van der Waals surface area contributed by atoms with Crippen molar-refractivity contribution in [3.05, 3.63) is 65.9 Å². The van der Waals surface area contributed by atoms with E-state index in [1.54, 1.807) is 12.1 Å². The highest BCUT2D eigenvalue weighted by Gasteiger charge is 2.05. The first kappa shape index (κ1) is 13.5. The average molecular weight is 274 g/mol. The minimum atomic E-state index is -0.537. The van der Waals surface area contributed by atoms with Gasteiger partial charge in [-0.25, -0.2) is 4.39 Å². The molecule has 5 nitrogen and oxygen atoms in total. The Hall–Kier alpha value is -2.89. The number of carbonyl (C=O) groups is 2. The summed E-state index contributed by atoms with van der Waals surface area (Å²) in [6.07, 6.45) is 4.15. The summed E-state index contributed by atoms with van der Waals surface area (Å²) in [5.41, 5.74) is 4.64. The predicted octanol–water partition coefficient (Wildman–Crippen LogP) is 1.89. The van der Waals surface area contributed by atoms with Crippen LogP contribution in [0.3, 0.4) is 0 Å². The van der Waals surface area contributed by atoms with E-state index in [-0.39, 0.29) is 5.56 Å². The first-order valence-electron chi connectivity index (χ1n) is 5.72. The molecule has 0 atom stereocenters. The van der Waals surface area contributed by atoms with E-state index in [4.69, 9.17) is 4.42 Å². The molecule has 1 aromatic heterocycles. The van der Waals surface area contributed by atoms with Gasteiger partial charge in [-0.15, -0.1) is 0 Å². The number of furan rings is 1. The lowest BCUT2D eigenvalue weighted by atomic mass is 10.2. The summed E-state index contributed by atoms with van der Waals surface area (Å²) in [6, 6.07) is 8.32. The molecule has 0 saturated carbocycles. The fourth-order valence-electron chi connectivity index (χ4n) is 1.38. The molecule has 2 rings (SSSR count). The first-order chi connectivity index (χ1) is 9.65. The predicted molar refractivity (Wildman–Crippen MR) is 69.8 cm³/mol. The summed E-state index contributed by atoms with van der Waals surface area (Å²) in [5.74, 6) is -0.974. The molecule has 2 amide bonds. The highest BCUT2D eigenvalue weighted by molar-refractivity contribution is 5.97. The molecule has 0 aliphatic rings. The van der Waals surface area contributed by atoms with Gasteiger partial charge in [-0.05, 0) is 42.5 Å². The molecular weight excluding hydrogens is 263 g/mol. The van der Waals surface area contributed by atoms with Crippen LogP contribution in [-0.2, 0) is 4.79 Å². The van der Waals surface area contributed by atoms with E-state index in [9.17, 15) is 14.0 Å². The van der Waals surface area contributed by atoms with E-state index in [0.717, 1.165) is 12.1 Å². The molecule has 0 radical (unpaired) electrons. The number of hydrogen-bond acceptors (Lipinski definition) is 3. The van der Waals surface area contributed by atoms with Crippen LogP contribution in [0.15, 0.2) is 53.2 Å². The van der Waals surface area contributed by atoms with Crippen LogP contribution in [-0.4, -0.2) is 11.8 Å². The summed E-state index contributed by atoms with van der Waals surface area (Å²) < 4.78 is 17.7. The highest BCUT2D eigenvalue weighted by atomic mass is 19.1. The standard InChI is InChI=1S/C14H11FN2O3/c15-11-5-3-10(4-6-11)14(19)17-16-13(18)8-7-12-2-1-9-20-12/h1-9H,(H,16,18)(H,17,19). The van der Waals surface area contributed by atoms with Crippen molar-refractivity contribution in [3.8, 4) is 0 Å². The Labute approximate surface area is 114 Å². The van der Waals surface area contributed by atoms with E-state index in [1.807, 2.05) is 0 Å². The quantitative estimate of drug-likeness (QED) is 0.663. The normalized spacial score (nSPS) is 10.4. The third-order valence-electron chi connectivity index (χ3n) is 2.35.